The second kappa shape index (κ2) is 3.91. The van der Waals surface area contributed by atoms with E-state index in [0.717, 1.165) is 12.8 Å². The average molecular weight is 209 g/mol. The lowest BCUT2D eigenvalue weighted by Crippen LogP contribution is -2.60. The molecule has 86 valence electrons. The van der Waals surface area contributed by atoms with E-state index in [2.05, 4.69) is 25.5 Å². The topological polar surface area (TPSA) is 23.5 Å². The molecule has 1 aliphatic heterocycles. The van der Waals surface area contributed by atoms with E-state index in [0.29, 0.717) is 18.0 Å². The molecule has 0 bridgehead atoms. The standard InChI is InChI=1S/C13H23NO/c1-4-13(15)9-10(2)14(3)12-8-6-5-7-11(12)13/h4,10-12,15H,1,5-9H2,2-3H3/t10-,11-,12-,13+/m1/s1. The van der Waals surface area contributed by atoms with Gasteiger partial charge in [0, 0.05) is 18.0 Å². The third-order valence-electron chi connectivity index (χ3n) is 4.57. The number of likely N-dealkylation sites (tertiary alicyclic amines) is 1. The summed E-state index contributed by atoms with van der Waals surface area (Å²) in [5.74, 6) is 0.407. The first-order valence-corrected chi connectivity index (χ1v) is 6.16. The third kappa shape index (κ3) is 1.74. The lowest BCUT2D eigenvalue weighted by molar-refractivity contribution is -0.0970. The Morgan fingerprint density at radius 1 is 1.40 bits per heavy atom. The van der Waals surface area contributed by atoms with Gasteiger partial charge in [-0.2, -0.15) is 0 Å². The SMILES string of the molecule is C=C[C@]1(O)C[C@@H](C)N(C)[C@@H]2CCCC[C@H]21. The van der Waals surface area contributed by atoms with Crippen LogP contribution in [0.3, 0.4) is 0 Å². The average Bonchev–Trinajstić information content (AvgIpc) is 2.26. The molecule has 1 heterocycles. The molecule has 2 aliphatic rings. The summed E-state index contributed by atoms with van der Waals surface area (Å²) in [4.78, 5) is 2.46. The summed E-state index contributed by atoms with van der Waals surface area (Å²) in [5, 5.41) is 10.6. The molecule has 0 spiro atoms. The normalized spacial score (nSPS) is 47.3. The zero-order valence-electron chi connectivity index (χ0n) is 9.95. The van der Waals surface area contributed by atoms with Gasteiger partial charge in [-0.05, 0) is 33.2 Å². The fourth-order valence-corrected chi connectivity index (χ4v) is 3.51. The molecule has 1 saturated carbocycles. The van der Waals surface area contributed by atoms with Gasteiger partial charge in [0.25, 0.3) is 0 Å². The summed E-state index contributed by atoms with van der Waals surface area (Å²) in [7, 11) is 2.20. The molecule has 1 N–H and O–H groups in total. The molecule has 1 aliphatic carbocycles. The Hall–Kier alpha value is -0.340. The summed E-state index contributed by atoms with van der Waals surface area (Å²) >= 11 is 0. The van der Waals surface area contributed by atoms with Crippen molar-refractivity contribution in [3.63, 3.8) is 0 Å². The van der Waals surface area contributed by atoms with E-state index in [1.165, 1.54) is 19.3 Å². The monoisotopic (exact) mass is 209 g/mol. The summed E-state index contributed by atoms with van der Waals surface area (Å²) in [6.07, 6.45) is 7.60. The lowest BCUT2D eigenvalue weighted by atomic mass is 9.67. The Labute approximate surface area is 93.0 Å². The van der Waals surface area contributed by atoms with E-state index in [1.807, 2.05) is 0 Å². The summed E-state index contributed by atoms with van der Waals surface area (Å²) in [5.41, 5.74) is -0.614. The Balaban J connectivity index is 2.25. The van der Waals surface area contributed by atoms with Crippen LogP contribution in [0.4, 0.5) is 0 Å². The van der Waals surface area contributed by atoms with Crippen LogP contribution in [-0.2, 0) is 0 Å². The Kier molecular flexibility index (Phi) is 2.91. The number of hydrogen-bond acceptors (Lipinski definition) is 2. The molecule has 0 unspecified atom stereocenters. The van der Waals surface area contributed by atoms with E-state index < -0.39 is 5.60 Å². The molecule has 0 radical (unpaired) electrons. The van der Waals surface area contributed by atoms with E-state index in [9.17, 15) is 5.11 Å². The highest BCUT2D eigenvalue weighted by molar-refractivity contribution is 5.10. The van der Waals surface area contributed by atoms with E-state index in [1.54, 1.807) is 6.08 Å². The van der Waals surface area contributed by atoms with Gasteiger partial charge in [0.2, 0.25) is 0 Å². The van der Waals surface area contributed by atoms with Crippen molar-refractivity contribution in [1.29, 1.82) is 0 Å². The predicted molar refractivity (Wildman–Crippen MR) is 62.7 cm³/mol. The molecule has 2 fully saturated rings. The van der Waals surface area contributed by atoms with Crippen molar-refractivity contribution in [2.45, 2.75) is 56.7 Å². The largest absolute Gasteiger partial charge is 0.385 e. The quantitative estimate of drug-likeness (QED) is 0.669. The highest BCUT2D eigenvalue weighted by atomic mass is 16.3. The second-order valence-electron chi connectivity index (χ2n) is 5.37. The van der Waals surface area contributed by atoms with Crippen LogP contribution >= 0.6 is 0 Å². The minimum Gasteiger partial charge on any atom is -0.385 e. The number of hydrogen-bond donors (Lipinski definition) is 1. The van der Waals surface area contributed by atoms with E-state index >= 15 is 0 Å². The first-order chi connectivity index (χ1) is 7.08. The fourth-order valence-electron chi connectivity index (χ4n) is 3.51. The first kappa shape index (κ1) is 11.2. The lowest BCUT2D eigenvalue weighted by Gasteiger charge is -2.53. The molecule has 4 atom stereocenters. The molecule has 0 amide bonds. The van der Waals surface area contributed by atoms with Gasteiger partial charge in [0.1, 0.15) is 0 Å². The molecule has 0 aromatic rings. The van der Waals surface area contributed by atoms with E-state index in [4.69, 9.17) is 0 Å². The molecule has 1 saturated heterocycles. The zero-order chi connectivity index (χ0) is 11.1. The minimum atomic E-state index is -0.614. The third-order valence-corrected chi connectivity index (χ3v) is 4.57. The Morgan fingerprint density at radius 3 is 2.73 bits per heavy atom. The number of fused-ring (bicyclic) bond motifs is 1. The maximum atomic E-state index is 10.6. The summed E-state index contributed by atoms with van der Waals surface area (Å²) < 4.78 is 0. The van der Waals surface area contributed by atoms with Crippen LogP contribution in [0.5, 0.6) is 0 Å². The molecule has 2 nitrogen and oxygen atoms in total. The highest BCUT2D eigenvalue weighted by Crippen LogP contribution is 2.43. The maximum Gasteiger partial charge on any atom is 0.0882 e. The Morgan fingerprint density at radius 2 is 2.07 bits per heavy atom. The number of nitrogens with zero attached hydrogens (tertiary/aromatic N) is 1. The van der Waals surface area contributed by atoms with Crippen molar-refractivity contribution < 1.29 is 5.11 Å². The zero-order valence-corrected chi connectivity index (χ0v) is 9.95. The van der Waals surface area contributed by atoms with Gasteiger partial charge in [0.05, 0.1) is 5.60 Å². The van der Waals surface area contributed by atoms with E-state index in [-0.39, 0.29) is 0 Å². The fraction of sp³-hybridized carbons (Fsp3) is 0.846. The van der Waals surface area contributed by atoms with Gasteiger partial charge in [-0.1, -0.05) is 18.9 Å². The molecule has 0 aromatic carbocycles. The van der Waals surface area contributed by atoms with Crippen molar-refractivity contribution in [1.82, 2.24) is 4.90 Å². The van der Waals surface area contributed by atoms with Crippen LogP contribution in [0.15, 0.2) is 12.7 Å². The first-order valence-electron chi connectivity index (χ1n) is 6.16. The highest BCUT2D eigenvalue weighted by Gasteiger charge is 2.47. The molecule has 2 rings (SSSR count). The van der Waals surface area contributed by atoms with Crippen LogP contribution < -0.4 is 0 Å². The van der Waals surface area contributed by atoms with Crippen LogP contribution in [0.2, 0.25) is 0 Å². The van der Waals surface area contributed by atoms with Crippen molar-refractivity contribution in [2.24, 2.45) is 5.92 Å². The maximum absolute atomic E-state index is 10.6. The van der Waals surface area contributed by atoms with Gasteiger partial charge in [-0.25, -0.2) is 0 Å². The summed E-state index contributed by atoms with van der Waals surface area (Å²) in [6, 6.07) is 1.03. The molecule has 15 heavy (non-hydrogen) atoms. The molecular weight excluding hydrogens is 186 g/mol. The summed E-state index contributed by atoms with van der Waals surface area (Å²) in [6.45, 7) is 6.05. The van der Waals surface area contributed by atoms with Crippen LogP contribution in [0, 0.1) is 5.92 Å². The van der Waals surface area contributed by atoms with Crippen molar-refractivity contribution in [3.05, 3.63) is 12.7 Å². The van der Waals surface area contributed by atoms with Crippen LogP contribution in [-0.4, -0.2) is 34.7 Å². The molecule has 2 heteroatoms. The minimum absolute atomic E-state index is 0.407. The number of aliphatic hydroxyl groups is 1. The predicted octanol–water partition coefficient (Wildman–Crippen LogP) is 2.19. The van der Waals surface area contributed by atoms with Crippen LogP contribution in [0.25, 0.3) is 0 Å². The molecular formula is C13H23NO. The molecule has 0 aromatic heterocycles. The van der Waals surface area contributed by atoms with Gasteiger partial charge in [-0.15, -0.1) is 6.58 Å². The van der Waals surface area contributed by atoms with Crippen molar-refractivity contribution in [2.75, 3.05) is 7.05 Å². The Bertz CT molecular complexity index is 253. The smallest absolute Gasteiger partial charge is 0.0882 e. The van der Waals surface area contributed by atoms with Gasteiger partial charge >= 0.3 is 0 Å². The van der Waals surface area contributed by atoms with Gasteiger partial charge in [0.15, 0.2) is 0 Å². The number of piperidine rings is 1. The van der Waals surface area contributed by atoms with Crippen LogP contribution in [0.1, 0.15) is 39.0 Å². The van der Waals surface area contributed by atoms with Gasteiger partial charge < -0.3 is 10.0 Å². The second-order valence-corrected chi connectivity index (χ2v) is 5.37. The number of rotatable bonds is 1. The van der Waals surface area contributed by atoms with Crippen molar-refractivity contribution >= 4 is 0 Å². The van der Waals surface area contributed by atoms with Gasteiger partial charge in [-0.3, -0.25) is 0 Å². The van der Waals surface area contributed by atoms with Crippen molar-refractivity contribution in [3.8, 4) is 0 Å².